The van der Waals surface area contributed by atoms with Crippen LogP contribution in [0.2, 0.25) is 0 Å². The Labute approximate surface area is 125 Å². The molecule has 0 saturated heterocycles. The summed E-state index contributed by atoms with van der Waals surface area (Å²) in [4.78, 5) is 11.8. The lowest BCUT2D eigenvalue weighted by Gasteiger charge is -2.23. The maximum atomic E-state index is 11.8. The number of rotatable bonds is 3. The molecule has 0 bridgehead atoms. The fraction of sp³-hybridized carbons (Fsp3) is 0.267. The van der Waals surface area contributed by atoms with Gasteiger partial charge in [0.1, 0.15) is 18.1 Å². The molecular weight excluding hydrogens is 324 g/mol. The highest BCUT2D eigenvalue weighted by atomic mass is 79.9. The maximum absolute atomic E-state index is 11.8. The molecule has 0 saturated carbocycles. The van der Waals surface area contributed by atoms with Crippen LogP contribution in [0.4, 0.5) is 0 Å². The maximum Gasteiger partial charge on any atom is 0.337 e. The van der Waals surface area contributed by atoms with E-state index >= 15 is 0 Å². The van der Waals surface area contributed by atoms with Gasteiger partial charge >= 0.3 is 5.97 Å². The van der Waals surface area contributed by atoms with Crippen LogP contribution in [0.25, 0.3) is 5.57 Å². The fourth-order valence-electron chi connectivity index (χ4n) is 2.03. The summed E-state index contributed by atoms with van der Waals surface area (Å²) < 4.78 is 11.1. The number of hydrogen-bond acceptors (Lipinski definition) is 4. The molecule has 0 aromatic heterocycles. The van der Waals surface area contributed by atoms with E-state index in [4.69, 9.17) is 9.47 Å². The van der Waals surface area contributed by atoms with Crippen LogP contribution in [0, 0.1) is 0 Å². The van der Waals surface area contributed by atoms with Crippen molar-refractivity contribution in [3.05, 3.63) is 39.9 Å². The summed E-state index contributed by atoms with van der Waals surface area (Å²) in [6, 6.07) is 3.31. The zero-order chi connectivity index (χ0) is 14.9. The van der Waals surface area contributed by atoms with Gasteiger partial charge in [0.25, 0.3) is 0 Å². The number of aromatic hydroxyl groups is 1. The predicted octanol–water partition coefficient (Wildman–Crippen LogP) is 3.44. The normalized spacial score (nSPS) is 13.6. The molecular formula is C15H15BrO4. The number of esters is 1. The minimum absolute atomic E-state index is 0.115. The lowest BCUT2D eigenvalue weighted by Crippen LogP contribution is -2.17. The van der Waals surface area contributed by atoms with Crippen LogP contribution < -0.4 is 4.74 Å². The highest BCUT2D eigenvalue weighted by Gasteiger charge is 2.24. The first-order valence-electron chi connectivity index (χ1n) is 6.17. The first-order valence-corrected chi connectivity index (χ1v) is 6.96. The molecule has 0 unspecified atom stereocenters. The van der Waals surface area contributed by atoms with E-state index in [-0.39, 0.29) is 12.4 Å². The van der Waals surface area contributed by atoms with Gasteiger partial charge in [0.2, 0.25) is 0 Å². The van der Waals surface area contributed by atoms with Crippen molar-refractivity contribution >= 4 is 27.5 Å². The number of halogens is 1. The Morgan fingerprint density at radius 3 is 2.90 bits per heavy atom. The van der Waals surface area contributed by atoms with E-state index in [1.54, 1.807) is 19.1 Å². The van der Waals surface area contributed by atoms with Crippen molar-refractivity contribution in [2.75, 3.05) is 13.2 Å². The molecule has 2 rings (SSSR count). The third kappa shape index (κ3) is 2.58. The molecule has 1 aliphatic heterocycles. The summed E-state index contributed by atoms with van der Waals surface area (Å²) in [5, 5.41) is 9.66. The largest absolute Gasteiger partial charge is 0.507 e. The van der Waals surface area contributed by atoms with Crippen LogP contribution in [0.3, 0.4) is 0 Å². The molecule has 4 nitrogen and oxygen atoms in total. The minimum Gasteiger partial charge on any atom is -0.507 e. The van der Waals surface area contributed by atoms with E-state index in [2.05, 4.69) is 22.5 Å². The topological polar surface area (TPSA) is 55.8 Å². The molecule has 0 fully saturated rings. The van der Waals surface area contributed by atoms with Gasteiger partial charge in [-0.2, -0.15) is 0 Å². The van der Waals surface area contributed by atoms with Gasteiger partial charge in [-0.25, -0.2) is 4.79 Å². The number of carbonyl (C=O) groups is 1. The Hall–Kier alpha value is -1.75. The highest BCUT2D eigenvalue weighted by Crippen LogP contribution is 2.40. The average molecular weight is 339 g/mol. The van der Waals surface area contributed by atoms with Crippen molar-refractivity contribution in [1.29, 1.82) is 0 Å². The quantitative estimate of drug-likeness (QED) is 0.677. The van der Waals surface area contributed by atoms with Gasteiger partial charge in [0.15, 0.2) is 0 Å². The van der Waals surface area contributed by atoms with E-state index < -0.39 is 5.97 Å². The van der Waals surface area contributed by atoms with E-state index in [1.807, 2.05) is 6.92 Å². The number of allylic oxidation sites excluding steroid dienone is 1. The molecule has 0 spiro atoms. The van der Waals surface area contributed by atoms with Crippen LogP contribution in [0.1, 0.15) is 19.4 Å². The fourth-order valence-corrected chi connectivity index (χ4v) is 2.37. The smallest absolute Gasteiger partial charge is 0.337 e. The van der Waals surface area contributed by atoms with Crippen LogP contribution in [-0.2, 0) is 9.53 Å². The second kappa shape index (κ2) is 5.71. The molecule has 1 aromatic carbocycles. The predicted molar refractivity (Wildman–Crippen MR) is 79.7 cm³/mol. The first-order chi connectivity index (χ1) is 9.45. The third-order valence-corrected chi connectivity index (χ3v) is 3.80. The summed E-state index contributed by atoms with van der Waals surface area (Å²) in [6.45, 7) is 7.97. The van der Waals surface area contributed by atoms with E-state index in [9.17, 15) is 9.90 Å². The van der Waals surface area contributed by atoms with E-state index in [0.717, 1.165) is 11.1 Å². The van der Waals surface area contributed by atoms with Crippen LogP contribution >= 0.6 is 15.9 Å². The number of benzene rings is 1. The van der Waals surface area contributed by atoms with Gasteiger partial charge in [0.05, 0.1) is 16.7 Å². The van der Waals surface area contributed by atoms with Gasteiger partial charge in [0, 0.05) is 17.2 Å². The Bertz CT molecular complexity index is 617. The molecule has 1 heterocycles. The summed E-state index contributed by atoms with van der Waals surface area (Å²) in [5.41, 5.74) is 2.74. The average Bonchev–Trinajstić information content (AvgIpc) is 2.41. The summed E-state index contributed by atoms with van der Waals surface area (Å²) in [7, 11) is 0. The van der Waals surface area contributed by atoms with Crippen LogP contribution in [-0.4, -0.2) is 24.3 Å². The minimum atomic E-state index is -0.438. The summed E-state index contributed by atoms with van der Waals surface area (Å²) in [5.74, 6) is 0.263. The standard InChI is InChI=1S/C15H15BrO4/c1-4-19-15(18)9(3)11-7-20-14-6-13(17)12(16)5-10(14)8(11)2/h5-6,17H,3-4,7H2,1-2H3. The van der Waals surface area contributed by atoms with Gasteiger partial charge in [-0.15, -0.1) is 0 Å². The number of fused-ring (bicyclic) bond motifs is 1. The van der Waals surface area contributed by atoms with Crippen molar-refractivity contribution in [2.24, 2.45) is 0 Å². The third-order valence-electron chi connectivity index (χ3n) is 3.16. The van der Waals surface area contributed by atoms with E-state index in [0.29, 0.717) is 28.0 Å². The molecule has 1 aromatic rings. The Morgan fingerprint density at radius 1 is 1.55 bits per heavy atom. The number of phenols is 1. The molecule has 0 radical (unpaired) electrons. The lowest BCUT2D eigenvalue weighted by atomic mass is 9.94. The molecule has 1 aliphatic rings. The summed E-state index contributed by atoms with van der Waals surface area (Å²) >= 11 is 3.27. The molecule has 0 aliphatic carbocycles. The first kappa shape index (κ1) is 14.7. The second-order valence-electron chi connectivity index (χ2n) is 4.39. The molecule has 20 heavy (non-hydrogen) atoms. The SMILES string of the molecule is C=C(C(=O)OCC)C1=C(C)c2cc(Br)c(O)cc2OC1. The molecule has 0 amide bonds. The monoisotopic (exact) mass is 338 g/mol. The van der Waals surface area contributed by atoms with E-state index in [1.165, 1.54) is 0 Å². The molecule has 106 valence electrons. The molecule has 1 N–H and O–H groups in total. The second-order valence-corrected chi connectivity index (χ2v) is 5.25. The van der Waals surface area contributed by atoms with Gasteiger partial charge in [-0.1, -0.05) is 6.58 Å². The zero-order valence-electron chi connectivity index (χ0n) is 11.3. The van der Waals surface area contributed by atoms with Crippen molar-refractivity contribution in [3.8, 4) is 11.5 Å². The summed E-state index contributed by atoms with van der Waals surface area (Å²) in [6.07, 6.45) is 0. The Kier molecular flexibility index (Phi) is 4.18. The highest BCUT2D eigenvalue weighted by molar-refractivity contribution is 9.10. The Balaban J connectivity index is 2.43. The molecule has 5 heteroatoms. The molecule has 0 atom stereocenters. The van der Waals surface area contributed by atoms with Crippen molar-refractivity contribution in [1.82, 2.24) is 0 Å². The van der Waals surface area contributed by atoms with Crippen LogP contribution in [0.15, 0.2) is 34.3 Å². The van der Waals surface area contributed by atoms with Crippen LogP contribution in [0.5, 0.6) is 11.5 Å². The van der Waals surface area contributed by atoms with Crippen molar-refractivity contribution < 1.29 is 19.4 Å². The number of phenolic OH excluding ortho intramolecular Hbond substituents is 1. The number of hydrogen-bond donors (Lipinski definition) is 1. The number of carbonyl (C=O) groups excluding carboxylic acids is 1. The zero-order valence-corrected chi connectivity index (χ0v) is 12.9. The number of ether oxygens (including phenoxy) is 2. The van der Waals surface area contributed by atoms with Crippen molar-refractivity contribution in [2.45, 2.75) is 13.8 Å². The van der Waals surface area contributed by atoms with Gasteiger partial charge in [-0.05, 0) is 41.4 Å². The van der Waals surface area contributed by atoms with Gasteiger partial charge < -0.3 is 14.6 Å². The van der Waals surface area contributed by atoms with Gasteiger partial charge in [-0.3, -0.25) is 0 Å². The Morgan fingerprint density at radius 2 is 2.25 bits per heavy atom. The lowest BCUT2D eigenvalue weighted by molar-refractivity contribution is -0.138. The van der Waals surface area contributed by atoms with Crippen molar-refractivity contribution in [3.63, 3.8) is 0 Å².